The summed E-state index contributed by atoms with van der Waals surface area (Å²) in [5, 5.41) is 3.09. The summed E-state index contributed by atoms with van der Waals surface area (Å²) in [7, 11) is 0. The summed E-state index contributed by atoms with van der Waals surface area (Å²) in [6, 6.07) is 0.782. The minimum atomic E-state index is -0.227. The van der Waals surface area contributed by atoms with Gasteiger partial charge in [-0.05, 0) is 51.8 Å². The first-order valence-corrected chi connectivity index (χ1v) is 10.6. The van der Waals surface area contributed by atoms with E-state index in [1.165, 1.54) is 24.5 Å². The molecule has 0 aromatic rings. The molecule has 2 aliphatic carbocycles. The van der Waals surface area contributed by atoms with E-state index in [4.69, 9.17) is 0 Å². The zero-order valence-electron chi connectivity index (χ0n) is 17.9. The van der Waals surface area contributed by atoms with Gasteiger partial charge in [0.05, 0.1) is 5.54 Å². The summed E-state index contributed by atoms with van der Waals surface area (Å²) in [6.45, 7) is 13.2. The van der Waals surface area contributed by atoms with Crippen molar-refractivity contribution in [3.05, 3.63) is 59.8 Å². The number of rotatable bonds is 8. The van der Waals surface area contributed by atoms with Crippen LogP contribution in [0.5, 0.6) is 0 Å². The Morgan fingerprint density at radius 2 is 2.04 bits per heavy atom. The van der Waals surface area contributed by atoms with E-state index >= 15 is 0 Å². The van der Waals surface area contributed by atoms with Gasteiger partial charge in [0.1, 0.15) is 5.83 Å². The van der Waals surface area contributed by atoms with E-state index in [2.05, 4.69) is 36.2 Å². The predicted molar refractivity (Wildman–Crippen MR) is 115 cm³/mol. The SMILES string of the molecule is CC.C\C=C/C=C\C(F)=C(/C)N/C=C(\C)CCN1C2C(CC)CC3C=CC321. The highest BCUT2D eigenvalue weighted by Gasteiger charge is 2.73. The van der Waals surface area contributed by atoms with Crippen LogP contribution in [0.4, 0.5) is 4.39 Å². The van der Waals surface area contributed by atoms with Crippen molar-refractivity contribution in [3.8, 4) is 0 Å². The molecule has 0 amide bonds. The van der Waals surface area contributed by atoms with E-state index in [-0.39, 0.29) is 5.83 Å². The zero-order valence-corrected chi connectivity index (χ0v) is 17.9. The van der Waals surface area contributed by atoms with Crippen molar-refractivity contribution in [1.29, 1.82) is 0 Å². The number of piperidine rings is 1. The second kappa shape index (κ2) is 9.54. The fourth-order valence-corrected chi connectivity index (χ4v) is 4.58. The molecule has 1 saturated carbocycles. The Hall–Kier alpha value is -1.61. The van der Waals surface area contributed by atoms with Crippen LogP contribution < -0.4 is 5.32 Å². The van der Waals surface area contributed by atoms with Crippen LogP contribution in [0, 0.1) is 11.8 Å². The maximum absolute atomic E-state index is 13.9. The van der Waals surface area contributed by atoms with Gasteiger partial charge in [-0.1, -0.05) is 63.1 Å². The topological polar surface area (TPSA) is 15.0 Å². The quantitative estimate of drug-likeness (QED) is 0.307. The largest absolute Gasteiger partial charge is 0.363 e. The van der Waals surface area contributed by atoms with Crippen molar-refractivity contribution in [3.63, 3.8) is 0 Å². The van der Waals surface area contributed by atoms with E-state index < -0.39 is 0 Å². The number of allylic oxidation sites excluding steroid dienone is 6. The van der Waals surface area contributed by atoms with Crippen molar-refractivity contribution in [2.24, 2.45) is 11.8 Å². The van der Waals surface area contributed by atoms with Crippen LogP contribution in [0.3, 0.4) is 0 Å². The van der Waals surface area contributed by atoms with Crippen LogP contribution in [0.2, 0.25) is 0 Å². The number of halogens is 1. The standard InChI is InChI=1S/C22H31FN2.C2H6/c1-5-7-8-9-20(23)17(4)24-15-16(3)11-13-25-21-18(6-2)14-19-10-12-22(19,21)25;1-2/h5,7-10,12,15,18-19,21,24H,6,11,13-14H2,1-4H3;1-2H3/b7-5-,9-8-,16-15+,20-17-;. The van der Waals surface area contributed by atoms with Crippen LogP contribution in [0.15, 0.2) is 59.8 Å². The Bertz CT molecular complexity index is 655. The second-order valence-corrected chi connectivity index (χ2v) is 7.64. The Labute approximate surface area is 165 Å². The first kappa shape index (κ1) is 21.7. The van der Waals surface area contributed by atoms with Crippen LogP contribution >= 0.6 is 0 Å². The average molecular weight is 373 g/mol. The molecule has 5 unspecified atom stereocenters. The van der Waals surface area contributed by atoms with Gasteiger partial charge in [-0.15, -0.1) is 0 Å². The van der Waals surface area contributed by atoms with Gasteiger partial charge in [0.25, 0.3) is 0 Å². The summed E-state index contributed by atoms with van der Waals surface area (Å²) >= 11 is 0. The summed E-state index contributed by atoms with van der Waals surface area (Å²) in [6.07, 6.45) is 17.4. The van der Waals surface area contributed by atoms with Crippen molar-refractivity contribution in [2.75, 3.05) is 6.54 Å². The van der Waals surface area contributed by atoms with Gasteiger partial charge in [-0.25, -0.2) is 4.39 Å². The normalized spacial score (nSPS) is 34.6. The molecule has 1 saturated heterocycles. The van der Waals surface area contributed by atoms with E-state index in [9.17, 15) is 4.39 Å². The molecule has 1 spiro atoms. The molecule has 2 fully saturated rings. The lowest BCUT2D eigenvalue weighted by Gasteiger charge is -2.29. The van der Waals surface area contributed by atoms with Gasteiger partial charge in [0, 0.05) is 24.2 Å². The number of hydrogen-bond acceptors (Lipinski definition) is 2. The van der Waals surface area contributed by atoms with Gasteiger partial charge < -0.3 is 5.32 Å². The molecular formula is C24H37FN2. The molecule has 0 aromatic carbocycles. The Morgan fingerprint density at radius 1 is 1.30 bits per heavy atom. The van der Waals surface area contributed by atoms with Gasteiger partial charge in [-0.3, -0.25) is 4.90 Å². The second-order valence-electron chi connectivity index (χ2n) is 7.64. The molecule has 1 N–H and O–H groups in total. The smallest absolute Gasteiger partial charge is 0.142 e. The third kappa shape index (κ3) is 4.29. The van der Waals surface area contributed by atoms with Crippen molar-refractivity contribution in [2.45, 2.75) is 72.4 Å². The minimum absolute atomic E-state index is 0.227. The van der Waals surface area contributed by atoms with E-state index in [0.29, 0.717) is 11.2 Å². The molecule has 5 atom stereocenters. The molecule has 2 nitrogen and oxygen atoms in total. The van der Waals surface area contributed by atoms with E-state index in [1.54, 1.807) is 13.0 Å². The minimum Gasteiger partial charge on any atom is -0.363 e. The molecule has 3 aliphatic rings. The van der Waals surface area contributed by atoms with Crippen molar-refractivity contribution >= 4 is 0 Å². The highest BCUT2D eigenvalue weighted by molar-refractivity contribution is 5.44. The molecule has 3 rings (SSSR count). The van der Waals surface area contributed by atoms with Gasteiger partial charge in [0.2, 0.25) is 0 Å². The summed E-state index contributed by atoms with van der Waals surface area (Å²) in [5.74, 6) is 1.44. The average Bonchev–Trinajstić information content (AvgIpc) is 3.30. The molecule has 0 radical (unpaired) electrons. The highest BCUT2D eigenvalue weighted by Crippen LogP contribution is 2.65. The number of hydrogen-bond donors (Lipinski definition) is 1. The Balaban J connectivity index is 0.00000126. The molecule has 1 aliphatic heterocycles. The predicted octanol–water partition coefficient (Wildman–Crippen LogP) is 6.27. The van der Waals surface area contributed by atoms with Crippen LogP contribution in [-0.4, -0.2) is 23.0 Å². The fourth-order valence-electron chi connectivity index (χ4n) is 4.58. The third-order valence-corrected chi connectivity index (χ3v) is 6.14. The van der Waals surface area contributed by atoms with E-state index in [1.807, 2.05) is 39.1 Å². The maximum atomic E-state index is 13.9. The first-order valence-electron chi connectivity index (χ1n) is 10.6. The van der Waals surface area contributed by atoms with E-state index in [0.717, 1.165) is 30.8 Å². The number of nitrogens with one attached hydrogen (secondary N) is 1. The molecule has 0 bridgehead atoms. The molecule has 27 heavy (non-hydrogen) atoms. The lowest BCUT2D eigenvalue weighted by molar-refractivity contribution is 0.282. The lowest BCUT2D eigenvalue weighted by atomic mass is 9.83. The zero-order chi connectivity index (χ0) is 20.0. The van der Waals surface area contributed by atoms with Crippen LogP contribution in [-0.2, 0) is 0 Å². The first-order chi connectivity index (χ1) is 13.0. The van der Waals surface area contributed by atoms with Gasteiger partial charge in [0.15, 0.2) is 0 Å². The highest BCUT2D eigenvalue weighted by atomic mass is 19.1. The molecule has 0 aromatic heterocycles. The monoisotopic (exact) mass is 372 g/mol. The lowest BCUT2D eigenvalue weighted by Crippen LogP contribution is -2.32. The molecule has 150 valence electrons. The Kier molecular flexibility index (Phi) is 7.67. The summed E-state index contributed by atoms with van der Waals surface area (Å²) < 4.78 is 13.9. The third-order valence-electron chi connectivity index (χ3n) is 6.14. The van der Waals surface area contributed by atoms with Gasteiger partial charge >= 0.3 is 0 Å². The maximum Gasteiger partial charge on any atom is 0.142 e. The number of likely N-dealkylation sites (tertiary alicyclic amines) is 1. The van der Waals surface area contributed by atoms with Crippen LogP contribution in [0.1, 0.15) is 60.8 Å². The van der Waals surface area contributed by atoms with Gasteiger partial charge in [-0.2, -0.15) is 0 Å². The van der Waals surface area contributed by atoms with Crippen molar-refractivity contribution < 1.29 is 4.39 Å². The summed E-state index contributed by atoms with van der Waals surface area (Å²) in [5.41, 5.74) is 2.24. The summed E-state index contributed by atoms with van der Waals surface area (Å²) in [4.78, 5) is 2.69. The number of nitrogens with zero attached hydrogens (tertiary/aromatic N) is 1. The molecular weight excluding hydrogens is 335 g/mol. The molecule has 3 heteroatoms. The van der Waals surface area contributed by atoms with Crippen LogP contribution in [0.25, 0.3) is 0 Å². The fraction of sp³-hybridized carbons (Fsp3) is 0.583. The molecule has 1 heterocycles. The van der Waals surface area contributed by atoms with Crippen molar-refractivity contribution in [1.82, 2.24) is 10.2 Å². The Morgan fingerprint density at radius 3 is 2.63 bits per heavy atom.